The summed E-state index contributed by atoms with van der Waals surface area (Å²) in [7, 11) is 0. The van der Waals surface area contributed by atoms with Crippen LogP contribution in [0.5, 0.6) is 11.5 Å². The lowest BCUT2D eigenvalue weighted by Gasteiger charge is -2.24. The molecule has 2 aliphatic rings. The standard InChI is InChI=1S/C19H26N2O5/c22-11-15(19(24)20-14-6-4-2-1-3-5-7-14)21-18(23)13-8-9-16-17(10-13)26-12-25-16/h8-10,14-15,22H,1-7,11-12H2,(H,20,24)(H,21,23). The number of hydrogen-bond acceptors (Lipinski definition) is 5. The van der Waals surface area contributed by atoms with E-state index in [4.69, 9.17) is 9.47 Å². The zero-order valence-electron chi connectivity index (χ0n) is 14.8. The molecule has 1 aliphatic heterocycles. The number of fused-ring (bicyclic) bond motifs is 1. The quantitative estimate of drug-likeness (QED) is 0.741. The number of rotatable bonds is 5. The fraction of sp³-hybridized carbons (Fsp3) is 0.579. The minimum absolute atomic E-state index is 0.110. The number of carbonyl (C=O) groups is 2. The van der Waals surface area contributed by atoms with Gasteiger partial charge in [-0.05, 0) is 31.0 Å². The van der Waals surface area contributed by atoms with Crippen LogP contribution in [-0.4, -0.2) is 42.4 Å². The van der Waals surface area contributed by atoms with Crippen LogP contribution in [0.3, 0.4) is 0 Å². The second-order valence-corrected chi connectivity index (χ2v) is 6.83. The van der Waals surface area contributed by atoms with Gasteiger partial charge in [0.2, 0.25) is 12.7 Å². The van der Waals surface area contributed by atoms with Crippen molar-refractivity contribution in [2.45, 2.75) is 57.0 Å². The van der Waals surface area contributed by atoms with E-state index in [-0.39, 0.29) is 18.7 Å². The molecule has 1 aliphatic carbocycles. The van der Waals surface area contributed by atoms with Gasteiger partial charge in [-0.2, -0.15) is 0 Å². The Morgan fingerprint density at radius 1 is 1.08 bits per heavy atom. The van der Waals surface area contributed by atoms with E-state index in [1.807, 2.05) is 0 Å². The van der Waals surface area contributed by atoms with Crippen molar-refractivity contribution in [2.75, 3.05) is 13.4 Å². The maximum atomic E-state index is 12.5. The molecule has 142 valence electrons. The Labute approximate surface area is 153 Å². The number of carbonyl (C=O) groups excluding carboxylic acids is 2. The van der Waals surface area contributed by atoms with Gasteiger partial charge in [-0.3, -0.25) is 9.59 Å². The number of ether oxygens (including phenoxy) is 2. The number of benzene rings is 1. The Morgan fingerprint density at radius 2 is 1.77 bits per heavy atom. The van der Waals surface area contributed by atoms with Crippen LogP contribution in [-0.2, 0) is 4.79 Å². The smallest absolute Gasteiger partial charge is 0.252 e. The van der Waals surface area contributed by atoms with Crippen molar-refractivity contribution in [2.24, 2.45) is 0 Å². The second-order valence-electron chi connectivity index (χ2n) is 6.83. The van der Waals surface area contributed by atoms with Gasteiger partial charge >= 0.3 is 0 Å². The molecule has 1 aromatic rings. The van der Waals surface area contributed by atoms with E-state index in [0.717, 1.165) is 25.7 Å². The fourth-order valence-corrected chi connectivity index (χ4v) is 3.38. The monoisotopic (exact) mass is 362 g/mol. The first-order valence-corrected chi connectivity index (χ1v) is 9.29. The van der Waals surface area contributed by atoms with Crippen LogP contribution in [0.25, 0.3) is 0 Å². The molecule has 1 atom stereocenters. The van der Waals surface area contributed by atoms with Gasteiger partial charge in [0.25, 0.3) is 5.91 Å². The molecule has 0 radical (unpaired) electrons. The molecular formula is C19H26N2O5. The van der Waals surface area contributed by atoms with E-state index in [1.165, 1.54) is 19.3 Å². The van der Waals surface area contributed by atoms with E-state index in [2.05, 4.69) is 10.6 Å². The van der Waals surface area contributed by atoms with Crippen LogP contribution in [0.15, 0.2) is 18.2 Å². The Balaban J connectivity index is 1.57. The average molecular weight is 362 g/mol. The molecule has 26 heavy (non-hydrogen) atoms. The van der Waals surface area contributed by atoms with E-state index < -0.39 is 18.6 Å². The minimum Gasteiger partial charge on any atom is -0.454 e. The van der Waals surface area contributed by atoms with Crippen LogP contribution in [0, 0.1) is 0 Å². The molecule has 2 amide bonds. The van der Waals surface area contributed by atoms with Crippen molar-refractivity contribution in [1.82, 2.24) is 10.6 Å². The van der Waals surface area contributed by atoms with Gasteiger partial charge in [0.15, 0.2) is 11.5 Å². The highest BCUT2D eigenvalue weighted by Gasteiger charge is 2.24. The normalized spacial score (nSPS) is 18.5. The molecule has 0 saturated heterocycles. The summed E-state index contributed by atoms with van der Waals surface area (Å²) in [6.45, 7) is -0.321. The Kier molecular flexibility index (Phi) is 6.33. The molecule has 0 aromatic heterocycles. The summed E-state index contributed by atoms with van der Waals surface area (Å²) in [6, 6.07) is 3.96. The topological polar surface area (TPSA) is 96.9 Å². The zero-order valence-corrected chi connectivity index (χ0v) is 14.8. The summed E-state index contributed by atoms with van der Waals surface area (Å²) in [5.74, 6) is 0.307. The van der Waals surface area contributed by atoms with Gasteiger partial charge in [-0.15, -0.1) is 0 Å². The van der Waals surface area contributed by atoms with E-state index in [0.29, 0.717) is 17.1 Å². The molecule has 3 rings (SSSR count). The van der Waals surface area contributed by atoms with Crippen LogP contribution in [0.1, 0.15) is 55.3 Å². The van der Waals surface area contributed by atoms with Gasteiger partial charge in [0.1, 0.15) is 6.04 Å². The van der Waals surface area contributed by atoms with Crippen LogP contribution in [0.2, 0.25) is 0 Å². The first-order chi connectivity index (χ1) is 12.7. The second kappa shape index (κ2) is 8.89. The largest absolute Gasteiger partial charge is 0.454 e. The molecule has 1 saturated carbocycles. The summed E-state index contributed by atoms with van der Waals surface area (Å²) < 4.78 is 10.5. The Bertz CT molecular complexity index is 641. The maximum Gasteiger partial charge on any atom is 0.252 e. The SMILES string of the molecule is O=C(NC(CO)C(=O)NC1CCCCCCC1)c1ccc2c(c1)OCO2. The third-order valence-corrected chi connectivity index (χ3v) is 4.89. The van der Waals surface area contributed by atoms with Crippen molar-refractivity contribution < 1.29 is 24.2 Å². The molecule has 1 aromatic carbocycles. The van der Waals surface area contributed by atoms with Crippen molar-refractivity contribution in [3.8, 4) is 11.5 Å². The van der Waals surface area contributed by atoms with Gasteiger partial charge in [-0.25, -0.2) is 0 Å². The van der Waals surface area contributed by atoms with Crippen LogP contribution >= 0.6 is 0 Å². The van der Waals surface area contributed by atoms with Gasteiger partial charge < -0.3 is 25.2 Å². The first kappa shape index (κ1) is 18.5. The molecule has 3 N–H and O–H groups in total. The highest BCUT2D eigenvalue weighted by molar-refractivity contribution is 5.98. The van der Waals surface area contributed by atoms with Crippen molar-refractivity contribution >= 4 is 11.8 Å². The van der Waals surface area contributed by atoms with Crippen molar-refractivity contribution in [3.05, 3.63) is 23.8 Å². The Hall–Kier alpha value is -2.28. The summed E-state index contributed by atoms with van der Waals surface area (Å²) in [5, 5.41) is 15.1. The first-order valence-electron chi connectivity index (χ1n) is 9.29. The predicted molar refractivity (Wildman–Crippen MR) is 95.2 cm³/mol. The highest BCUT2D eigenvalue weighted by atomic mass is 16.7. The van der Waals surface area contributed by atoms with E-state index in [1.54, 1.807) is 18.2 Å². The lowest BCUT2D eigenvalue weighted by molar-refractivity contribution is -0.124. The molecule has 7 nitrogen and oxygen atoms in total. The number of hydrogen-bond donors (Lipinski definition) is 3. The molecule has 7 heteroatoms. The predicted octanol–water partition coefficient (Wildman–Crippen LogP) is 1.74. The summed E-state index contributed by atoms with van der Waals surface area (Å²) in [6.07, 6.45) is 7.72. The lowest BCUT2D eigenvalue weighted by atomic mass is 9.96. The van der Waals surface area contributed by atoms with E-state index in [9.17, 15) is 14.7 Å². The van der Waals surface area contributed by atoms with Gasteiger partial charge in [0.05, 0.1) is 6.61 Å². The number of aliphatic hydroxyl groups excluding tert-OH is 1. The number of amides is 2. The molecular weight excluding hydrogens is 336 g/mol. The number of aliphatic hydroxyl groups is 1. The zero-order chi connectivity index (χ0) is 18.4. The minimum atomic E-state index is -0.974. The molecule has 1 heterocycles. The molecule has 1 fully saturated rings. The number of nitrogens with one attached hydrogen (secondary N) is 2. The average Bonchev–Trinajstić information content (AvgIpc) is 3.09. The van der Waals surface area contributed by atoms with Crippen molar-refractivity contribution in [1.29, 1.82) is 0 Å². The third kappa shape index (κ3) is 4.66. The van der Waals surface area contributed by atoms with Gasteiger partial charge in [0, 0.05) is 11.6 Å². The highest BCUT2D eigenvalue weighted by Crippen LogP contribution is 2.32. The Morgan fingerprint density at radius 3 is 2.50 bits per heavy atom. The maximum absolute atomic E-state index is 12.5. The molecule has 0 spiro atoms. The summed E-state index contributed by atoms with van der Waals surface area (Å²) >= 11 is 0. The third-order valence-electron chi connectivity index (χ3n) is 4.89. The van der Waals surface area contributed by atoms with Crippen LogP contribution in [0.4, 0.5) is 0 Å². The lowest BCUT2D eigenvalue weighted by Crippen LogP contribution is -2.51. The fourth-order valence-electron chi connectivity index (χ4n) is 3.38. The van der Waals surface area contributed by atoms with Gasteiger partial charge in [-0.1, -0.05) is 32.1 Å². The molecule has 0 bridgehead atoms. The molecule has 1 unspecified atom stereocenters. The summed E-state index contributed by atoms with van der Waals surface area (Å²) in [5.41, 5.74) is 0.353. The summed E-state index contributed by atoms with van der Waals surface area (Å²) in [4.78, 5) is 24.9. The van der Waals surface area contributed by atoms with E-state index >= 15 is 0 Å². The van der Waals surface area contributed by atoms with Crippen LogP contribution < -0.4 is 20.1 Å². The van der Waals surface area contributed by atoms with Crippen molar-refractivity contribution in [3.63, 3.8) is 0 Å².